The summed E-state index contributed by atoms with van der Waals surface area (Å²) < 4.78 is 72.4. The fourth-order valence-corrected chi connectivity index (χ4v) is 1.34. The smallest absolute Gasteiger partial charge is 0.166 e. The van der Waals surface area contributed by atoms with E-state index in [1.807, 2.05) is 0 Å². The summed E-state index contributed by atoms with van der Waals surface area (Å²) in [6.07, 6.45) is -9.98. The molecule has 0 N–H and O–H groups in total. The molecule has 6 heteroatoms. The zero-order chi connectivity index (χ0) is 12.1. The van der Waals surface area contributed by atoms with Crippen LogP contribution < -0.4 is 0 Å². The number of hydrogen-bond donors (Lipinski definition) is 0. The standard InChI is InChI=1S/C9H10F6/c1-7(2)4-5(7)3-6(8(10,11)12)9(13,14)15/h3,5H,4H2,1-2H3. The zero-order valence-electron chi connectivity index (χ0n) is 8.13. The van der Waals surface area contributed by atoms with Crippen LogP contribution in [-0.2, 0) is 0 Å². The van der Waals surface area contributed by atoms with Gasteiger partial charge in [0, 0.05) is 0 Å². The first kappa shape index (κ1) is 12.4. The molecule has 0 nitrogen and oxygen atoms in total. The van der Waals surface area contributed by atoms with E-state index in [2.05, 4.69) is 0 Å². The van der Waals surface area contributed by atoms with Crippen LogP contribution in [0.5, 0.6) is 0 Å². The minimum atomic E-state index is -5.32. The lowest BCUT2D eigenvalue weighted by atomic mass is 10.1. The highest BCUT2D eigenvalue weighted by atomic mass is 19.4. The molecular weight excluding hydrogens is 222 g/mol. The Labute approximate surface area is 83.0 Å². The third-order valence-electron chi connectivity index (χ3n) is 2.57. The van der Waals surface area contributed by atoms with E-state index in [-0.39, 0.29) is 0 Å². The largest absolute Gasteiger partial charge is 0.421 e. The second-order valence-electron chi connectivity index (χ2n) is 4.38. The van der Waals surface area contributed by atoms with Crippen molar-refractivity contribution in [1.29, 1.82) is 0 Å². The van der Waals surface area contributed by atoms with Crippen molar-refractivity contribution in [1.82, 2.24) is 0 Å². The predicted molar refractivity (Wildman–Crippen MR) is 42.1 cm³/mol. The Balaban J connectivity index is 2.94. The maximum Gasteiger partial charge on any atom is 0.421 e. The van der Waals surface area contributed by atoms with Gasteiger partial charge in [-0.05, 0) is 17.8 Å². The summed E-state index contributed by atoms with van der Waals surface area (Å²) in [5, 5.41) is 0. The Bertz CT molecular complexity index is 264. The van der Waals surface area contributed by atoms with Crippen LogP contribution in [0, 0.1) is 11.3 Å². The third kappa shape index (κ3) is 2.89. The zero-order valence-corrected chi connectivity index (χ0v) is 8.13. The van der Waals surface area contributed by atoms with E-state index in [0.717, 1.165) is 0 Å². The van der Waals surface area contributed by atoms with Crippen molar-refractivity contribution >= 4 is 0 Å². The number of allylic oxidation sites excluding steroid dienone is 2. The van der Waals surface area contributed by atoms with E-state index in [1.54, 1.807) is 13.8 Å². The lowest BCUT2D eigenvalue weighted by molar-refractivity contribution is -0.172. The molecule has 1 saturated carbocycles. The molecule has 0 spiro atoms. The van der Waals surface area contributed by atoms with E-state index in [9.17, 15) is 26.3 Å². The summed E-state index contributed by atoms with van der Waals surface area (Å²) in [7, 11) is 0. The lowest BCUT2D eigenvalue weighted by Gasteiger charge is -2.15. The van der Waals surface area contributed by atoms with Gasteiger partial charge in [0.1, 0.15) is 5.57 Å². The van der Waals surface area contributed by atoms with Crippen LogP contribution in [0.3, 0.4) is 0 Å². The third-order valence-corrected chi connectivity index (χ3v) is 2.57. The topological polar surface area (TPSA) is 0 Å². The second-order valence-corrected chi connectivity index (χ2v) is 4.38. The highest BCUT2D eigenvalue weighted by Crippen LogP contribution is 2.54. The molecule has 0 aromatic heterocycles. The lowest BCUT2D eigenvalue weighted by Crippen LogP contribution is -2.26. The predicted octanol–water partition coefficient (Wildman–Crippen LogP) is 4.08. The van der Waals surface area contributed by atoms with Crippen molar-refractivity contribution in [3.05, 3.63) is 11.6 Å². The van der Waals surface area contributed by atoms with E-state index >= 15 is 0 Å². The summed E-state index contributed by atoms with van der Waals surface area (Å²) in [4.78, 5) is 0. The van der Waals surface area contributed by atoms with Gasteiger partial charge in [0.05, 0.1) is 0 Å². The molecule has 1 fully saturated rings. The molecule has 1 atom stereocenters. The van der Waals surface area contributed by atoms with E-state index in [4.69, 9.17) is 0 Å². The molecule has 1 unspecified atom stereocenters. The van der Waals surface area contributed by atoms with Gasteiger partial charge >= 0.3 is 12.4 Å². The fraction of sp³-hybridized carbons (Fsp3) is 0.778. The highest BCUT2D eigenvalue weighted by Gasteiger charge is 2.54. The molecule has 1 aliphatic carbocycles. The normalized spacial score (nSPS) is 24.9. The average molecular weight is 232 g/mol. The van der Waals surface area contributed by atoms with Gasteiger partial charge in [-0.1, -0.05) is 19.9 Å². The van der Waals surface area contributed by atoms with E-state index in [1.165, 1.54) is 0 Å². The van der Waals surface area contributed by atoms with Crippen LogP contribution in [0.1, 0.15) is 20.3 Å². The highest BCUT2D eigenvalue weighted by molar-refractivity contribution is 5.21. The maximum atomic E-state index is 12.1. The first-order valence-corrected chi connectivity index (χ1v) is 4.31. The Morgan fingerprint density at radius 1 is 1.07 bits per heavy atom. The molecular formula is C9H10F6. The van der Waals surface area contributed by atoms with Crippen LogP contribution in [-0.4, -0.2) is 12.4 Å². The number of alkyl halides is 6. The van der Waals surface area contributed by atoms with Crippen molar-refractivity contribution < 1.29 is 26.3 Å². The van der Waals surface area contributed by atoms with Gasteiger partial charge in [0.25, 0.3) is 0 Å². The van der Waals surface area contributed by atoms with Crippen molar-refractivity contribution in [3.63, 3.8) is 0 Å². The van der Waals surface area contributed by atoms with Crippen LogP contribution in [0.25, 0.3) is 0 Å². The van der Waals surface area contributed by atoms with E-state index < -0.39 is 29.3 Å². The SMILES string of the molecule is CC1(C)CC1C=C(C(F)(F)F)C(F)(F)F. The first-order chi connectivity index (χ1) is 6.44. The van der Waals surface area contributed by atoms with Crippen LogP contribution in [0.4, 0.5) is 26.3 Å². The molecule has 1 rings (SSSR count). The van der Waals surface area contributed by atoms with Crippen molar-refractivity contribution in [3.8, 4) is 0 Å². The minimum absolute atomic E-state index is 0.306. The van der Waals surface area contributed by atoms with Crippen molar-refractivity contribution in [2.24, 2.45) is 11.3 Å². The second kappa shape index (κ2) is 3.15. The Kier molecular flexibility index (Phi) is 2.60. The molecule has 0 radical (unpaired) electrons. The Morgan fingerprint density at radius 3 is 1.60 bits per heavy atom. The fourth-order valence-electron chi connectivity index (χ4n) is 1.34. The van der Waals surface area contributed by atoms with Gasteiger partial charge in [0.2, 0.25) is 0 Å². The van der Waals surface area contributed by atoms with Gasteiger partial charge in [0.15, 0.2) is 0 Å². The average Bonchev–Trinajstić information content (AvgIpc) is 2.49. The Hall–Kier alpha value is -0.680. The summed E-state index contributed by atoms with van der Waals surface area (Å²) in [6, 6.07) is 0. The minimum Gasteiger partial charge on any atom is -0.166 e. The first-order valence-electron chi connectivity index (χ1n) is 4.31. The van der Waals surface area contributed by atoms with E-state index in [0.29, 0.717) is 12.5 Å². The van der Waals surface area contributed by atoms with Crippen molar-refractivity contribution in [2.75, 3.05) is 0 Å². The van der Waals surface area contributed by atoms with Gasteiger partial charge in [-0.25, -0.2) is 0 Å². The number of rotatable bonds is 1. The van der Waals surface area contributed by atoms with Gasteiger partial charge in [-0.15, -0.1) is 0 Å². The molecule has 0 aliphatic heterocycles. The monoisotopic (exact) mass is 232 g/mol. The van der Waals surface area contributed by atoms with Gasteiger partial charge in [-0.3, -0.25) is 0 Å². The summed E-state index contributed by atoms with van der Waals surface area (Å²) in [5.74, 6) is -0.629. The molecule has 0 heterocycles. The molecule has 0 aromatic rings. The van der Waals surface area contributed by atoms with Gasteiger partial charge < -0.3 is 0 Å². The molecule has 15 heavy (non-hydrogen) atoms. The summed E-state index contributed by atoms with van der Waals surface area (Å²) >= 11 is 0. The van der Waals surface area contributed by atoms with Gasteiger partial charge in [-0.2, -0.15) is 26.3 Å². The molecule has 88 valence electrons. The maximum absolute atomic E-state index is 12.1. The molecule has 0 amide bonds. The molecule has 1 aliphatic rings. The molecule has 0 bridgehead atoms. The molecule has 0 saturated heterocycles. The molecule has 0 aromatic carbocycles. The van der Waals surface area contributed by atoms with Crippen LogP contribution >= 0.6 is 0 Å². The summed E-state index contributed by atoms with van der Waals surface area (Å²) in [5.41, 5.74) is -2.83. The number of halogens is 6. The quantitative estimate of drug-likeness (QED) is 0.472. The Morgan fingerprint density at radius 2 is 1.40 bits per heavy atom. The van der Waals surface area contributed by atoms with Crippen LogP contribution in [0.2, 0.25) is 0 Å². The van der Waals surface area contributed by atoms with Crippen LogP contribution in [0.15, 0.2) is 11.6 Å². The summed E-state index contributed by atoms with van der Waals surface area (Å²) in [6.45, 7) is 3.27. The van der Waals surface area contributed by atoms with Crippen molar-refractivity contribution in [2.45, 2.75) is 32.6 Å². The number of hydrogen-bond acceptors (Lipinski definition) is 0.